The number of quaternary nitrogens is 1. The minimum atomic E-state index is -1.19. The summed E-state index contributed by atoms with van der Waals surface area (Å²) in [6.45, 7) is 0. The van der Waals surface area contributed by atoms with E-state index in [1.165, 1.54) is 65.5 Å². The summed E-state index contributed by atoms with van der Waals surface area (Å²) in [5.74, 6) is -1.05. The predicted octanol–water partition coefficient (Wildman–Crippen LogP) is 3.13. The summed E-state index contributed by atoms with van der Waals surface area (Å²) in [5.41, 5.74) is 3.00. The number of hydrogen-bond acceptors (Lipinski definition) is 6. The summed E-state index contributed by atoms with van der Waals surface area (Å²) in [6.07, 6.45) is 0. The molecule has 0 bridgehead atoms. The van der Waals surface area contributed by atoms with Gasteiger partial charge in [0, 0.05) is 19.7 Å². The van der Waals surface area contributed by atoms with Crippen molar-refractivity contribution >= 4 is 34.1 Å². The second-order valence-corrected chi connectivity index (χ2v) is 8.63. The smallest absolute Gasteiger partial charge is 0.335 e. The lowest BCUT2D eigenvalue weighted by molar-refractivity contribution is -0.785. The Balaban J connectivity index is 0.000000206. The lowest BCUT2D eigenvalue weighted by Crippen LogP contribution is -3.00. The molecular weight excluding hydrogens is 484 g/mol. The van der Waals surface area contributed by atoms with E-state index in [2.05, 4.69) is 69.5 Å². The monoisotopic (exact) mass is 518 g/mol. The Kier molecular flexibility index (Phi) is 11.1. The SMILES string of the molecule is CN(C)c1cccc2cccc([NH+](C)C)c12.COc1cccc(C(=O)O)c1.COc1cccc(C(=O)[O-])c1. The lowest BCUT2D eigenvalue weighted by Gasteiger charge is -2.18. The molecule has 0 aliphatic carbocycles. The predicted molar refractivity (Wildman–Crippen MR) is 148 cm³/mol. The fourth-order valence-electron chi connectivity index (χ4n) is 3.62. The summed E-state index contributed by atoms with van der Waals surface area (Å²) in [5, 5.41) is 21.5. The zero-order valence-electron chi connectivity index (χ0n) is 22.5. The first kappa shape index (κ1) is 29.7. The van der Waals surface area contributed by atoms with E-state index in [0.717, 1.165) is 0 Å². The number of fused-ring (bicyclic) bond motifs is 1. The van der Waals surface area contributed by atoms with E-state index in [-0.39, 0.29) is 11.1 Å². The van der Waals surface area contributed by atoms with Gasteiger partial charge in [-0.05, 0) is 47.9 Å². The first-order valence-corrected chi connectivity index (χ1v) is 11.8. The highest BCUT2D eigenvalue weighted by Gasteiger charge is 2.12. The molecule has 8 heteroatoms. The molecule has 0 amide bonds. The van der Waals surface area contributed by atoms with E-state index >= 15 is 0 Å². The highest BCUT2D eigenvalue weighted by Crippen LogP contribution is 2.29. The van der Waals surface area contributed by atoms with Gasteiger partial charge < -0.3 is 34.3 Å². The number of carbonyl (C=O) groups is 2. The highest BCUT2D eigenvalue weighted by molar-refractivity contribution is 6.00. The van der Waals surface area contributed by atoms with Gasteiger partial charge in [0.1, 0.15) is 17.2 Å². The second kappa shape index (κ2) is 14.2. The quantitative estimate of drug-likeness (QED) is 0.404. The molecule has 0 radical (unpaired) electrons. The van der Waals surface area contributed by atoms with Crippen LogP contribution in [0.5, 0.6) is 11.5 Å². The molecule has 0 atom stereocenters. The van der Waals surface area contributed by atoms with Crippen LogP contribution in [0.4, 0.5) is 11.4 Å². The molecule has 0 heterocycles. The molecule has 4 rings (SSSR count). The number of carbonyl (C=O) groups excluding carboxylic acids is 1. The van der Waals surface area contributed by atoms with Crippen molar-refractivity contribution in [3.8, 4) is 11.5 Å². The topological polar surface area (TPSA) is 104 Å². The summed E-state index contributed by atoms with van der Waals surface area (Å²) >= 11 is 0. The molecule has 38 heavy (non-hydrogen) atoms. The van der Waals surface area contributed by atoms with Crippen LogP contribution in [0.2, 0.25) is 0 Å². The molecule has 0 aliphatic heterocycles. The number of rotatable bonds is 6. The van der Waals surface area contributed by atoms with Gasteiger partial charge in [0.2, 0.25) is 0 Å². The average molecular weight is 519 g/mol. The number of anilines is 1. The zero-order valence-corrected chi connectivity index (χ0v) is 22.5. The molecule has 200 valence electrons. The maximum atomic E-state index is 10.4. The van der Waals surface area contributed by atoms with Crippen LogP contribution in [0.1, 0.15) is 20.7 Å². The van der Waals surface area contributed by atoms with Gasteiger partial charge in [-0.25, -0.2) is 4.79 Å². The Hall–Kier alpha value is -4.56. The number of ether oxygens (including phenoxy) is 2. The molecule has 0 aliphatic rings. The lowest BCUT2D eigenvalue weighted by atomic mass is 10.1. The number of nitrogens with one attached hydrogen (secondary N) is 1. The molecular formula is C30H34N2O6. The molecule has 4 aromatic rings. The molecule has 0 fully saturated rings. The third-order valence-corrected chi connectivity index (χ3v) is 5.53. The fraction of sp³-hybridized carbons (Fsp3) is 0.200. The van der Waals surface area contributed by atoms with E-state index in [1.807, 2.05) is 0 Å². The standard InChI is InChI=1S/C14H18N2.2C8H8O3/c1-15(2)12-9-5-7-11-8-6-10-13(14(11)12)16(3)4;2*1-11-7-4-2-3-6(5-7)8(9)10/h5-10H,1-4H3;2*2-5H,1H3,(H,9,10). The third-order valence-electron chi connectivity index (χ3n) is 5.53. The van der Waals surface area contributed by atoms with Crippen LogP contribution in [0.15, 0.2) is 84.9 Å². The van der Waals surface area contributed by atoms with E-state index in [9.17, 15) is 14.7 Å². The molecule has 0 spiro atoms. The number of carboxylic acid groups (broad SMARTS) is 2. The Morgan fingerprint density at radius 1 is 0.789 bits per heavy atom. The minimum Gasteiger partial charge on any atom is -0.545 e. The van der Waals surface area contributed by atoms with Crippen LogP contribution in [-0.4, -0.2) is 59.5 Å². The van der Waals surface area contributed by atoms with Crippen molar-refractivity contribution in [1.82, 2.24) is 0 Å². The van der Waals surface area contributed by atoms with Gasteiger partial charge in [-0.15, -0.1) is 0 Å². The Morgan fingerprint density at radius 3 is 1.76 bits per heavy atom. The Labute approximate surface area is 223 Å². The number of aromatic carboxylic acids is 2. The summed E-state index contributed by atoms with van der Waals surface area (Å²) < 4.78 is 9.66. The van der Waals surface area contributed by atoms with Crippen molar-refractivity contribution < 1.29 is 34.2 Å². The fourth-order valence-corrected chi connectivity index (χ4v) is 3.62. The van der Waals surface area contributed by atoms with Gasteiger partial charge in [0.15, 0.2) is 0 Å². The number of carboxylic acids is 2. The van der Waals surface area contributed by atoms with Gasteiger partial charge in [0.05, 0.1) is 50.9 Å². The van der Waals surface area contributed by atoms with Crippen molar-refractivity contribution in [2.45, 2.75) is 0 Å². The molecule has 0 saturated heterocycles. The van der Waals surface area contributed by atoms with Gasteiger partial charge >= 0.3 is 5.97 Å². The van der Waals surface area contributed by atoms with Crippen LogP contribution in [0, 0.1) is 0 Å². The van der Waals surface area contributed by atoms with E-state index < -0.39 is 11.9 Å². The molecule has 2 N–H and O–H groups in total. The summed E-state index contributed by atoms with van der Waals surface area (Å²) in [4.78, 5) is 24.3. The summed E-state index contributed by atoms with van der Waals surface area (Å²) in [7, 11) is 11.5. The van der Waals surface area contributed by atoms with Crippen LogP contribution in [0.3, 0.4) is 0 Å². The normalized spacial score (nSPS) is 9.97. The molecule has 0 aromatic heterocycles. The Morgan fingerprint density at radius 2 is 1.29 bits per heavy atom. The van der Waals surface area contributed by atoms with Gasteiger partial charge in [-0.3, -0.25) is 0 Å². The number of benzene rings is 4. The van der Waals surface area contributed by atoms with E-state index in [1.54, 1.807) is 24.3 Å². The number of methoxy groups -OCH3 is 2. The summed E-state index contributed by atoms with van der Waals surface area (Å²) in [6, 6.07) is 25.4. The molecule has 4 aromatic carbocycles. The van der Waals surface area contributed by atoms with Crippen molar-refractivity contribution in [3.63, 3.8) is 0 Å². The van der Waals surface area contributed by atoms with Crippen molar-refractivity contribution in [2.75, 3.05) is 47.3 Å². The molecule has 0 saturated carbocycles. The van der Waals surface area contributed by atoms with Crippen molar-refractivity contribution in [3.05, 3.63) is 96.1 Å². The first-order valence-electron chi connectivity index (χ1n) is 11.8. The van der Waals surface area contributed by atoms with E-state index in [4.69, 9.17) is 14.6 Å². The average Bonchev–Trinajstić information content (AvgIpc) is 2.92. The van der Waals surface area contributed by atoms with Crippen LogP contribution in [-0.2, 0) is 0 Å². The minimum absolute atomic E-state index is 0.129. The van der Waals surface area contributed by atoms with Crippen LogP contribution < -0.4 is 24.4 Å². The maximum absolute atomic E-state index is 10.4. The van der Waals surface area contributed by atoms with Gasteiger partial charge in [-0.1, -0.05) is 42.5 Å². The van der Waals surface area contributed by atoms with Gasteiger partial charge in [0.25, 0.3) is 0 Å². The largest absolute Gasteiger partial charge is 0.545 e. The first-order chi connectivity index (χ1) is 18.1. The molecule has 0 unspecified atom stereocenters. The van der Waals surface area contributed by atoms with Crippen LogP contribution in [0.25, 0.3) is 10.8 Å². The number of nitrogens with zero attached hydrogens (tertiary/aromatic N) is 1. The van der Waals surface area contributed by atoms with E-state index in [0.29, 0.717) is 11.5 Å². The van der Waals surface area contributed by atoms with Crippen molar-refractivity contribution in [2.24, 2.45) is 0 Å². The molecule has 8 nitrogen and oxygen atoms in total. The maximum Gasteiger partial charge on any atom is 0.335 e. The Bertz CT molecular complexity index is 1270. The van der Waals surface area contributed by atoms with Crippen molar-refractivity contribution in [1.29, 1.82) is 0 Å². The zero-order chi connectivity index (χ0) is 28.2. The second-order valence-electron chi connectivity index (χ2n) is 8.63. The highest BCUT2D eigenvalue weighted by atomic mass is 16.5. The number of hydrogen-bond donors (Lipinski definition) is 2. The van der Waals surface area contributed by atoms with Crippen LogP contribution >= 0.6 is 0 Å². The third kappa shape index (κ3) is 8.25. The van der Waals surface area contributed by atoms with Gasteiger partial charge in [-0.2, -0.15) is 0 Å².